The van der Waals surface area contributed by atoms with E-state index in [-0.39, 0.29) is 0 Å². The molecule has 0 heterocycles. The van der Waals surface area contributed by atoms with Crippen molar-refractivity contribution in [3.8, 4) is 0 Å². The zero-order chi connectivity index (χ0) is 10.3. The van der Waals surface area contributed by atoms with Crippen LogP contribution in [0.1, 0.15) is 0 Å². The van der Waals surface area contributed by atoms with Crippen LogP contribution in [0.25, 0.3) is 0 Å². The number of aliphatic hydroxyl groups excluding tert-OH is 2. The quantitative estimate of drug-likeness (QED) is 0.378. The van der Waals surface area contributed by atoms with E-state index in [4.69, 9.17) is 15.3 Å². The average molecular weight is 189 g/mol. The van der Waals surface area contributed by atoms with Crippen molar-refractivity contribution in [2.75, 3.05) is 13.2 Å². The van der Waals surface area contributed by atoms with Gasteiger partial charge in [0.1, 0.15) is 0 Å². The molecule has 0 aromatic carbocycles. The fraction of sp³-hybridized carbons (Fsp3) is 0.429. The lowest BCUT2D eigenvalue weighted by molar-refractivity contribution is -0.131. The summed E-state index contributed by atoms with van der Waals surface area (Å²) in [6.45, 7) is -0.799. The molecule has 0 aliphatic heterocycles. The highest BCUT2D eigenvalue weighted by molar-refractivity contribution is 5.93. The summed E-state index contributed by atoms with van der Waals surface area (Å²) in [7, 11) is 0. The zero-order valence-electron chi connectivity index (χ0n) is 6.80. The van der Waals surface area contributed by atoms with Gasteiger partial charge in [0, 0.05) is 12.2 Å². The van der Waals surface area contributed by atoms with Crippen LogP contribution in [-0.2, 0) is 9.59 Å². The number of rotatable bonds is 5. The first-order valence-electron chi connectivity index (χ1n) is 3.53. The number of nitrogens with one attached hydrogen (secondary N) is 1. The fourth-order valence-corrected chi connectivity index (χ4v) is 0.545. The van der Waals surface area contributed by atoms with E-state index < -0.39 is 31.1 Å². The van der Waals surface area contributed by atoms with E-state index in [2.05, 4.69) is 5.32 Å². The summed E-state index contributed by atoms with van der Waals surface area (Å²) < 4.78 is 0. The molecule has 0 rings (SSSR count). The number of aliphatic carboxylic acids is 1. The molecule has 0 radical (unpaired) electrons. The maximum absolute atomic E-state index is 10.8. The summed E-state index contributed by atoms with van der Waals surface area (Å²) in [6, 6.07) is -0.758. The SMILES string of the molecule is O=C(O)C=CC(=O)NC(CO)CO. The van der Waals surface area contributed by atoms with Gasteiger partial charge in [0.2, 0.25) is 5.91 Å². The Hall–Kier alpha value is -1.40. The minimum absolute atomic E-state index is 0.400. The van der Waals surface area contributed by atoms with Crippen molar-refractivity contribution in [2.24, 2.45) is 0 Å². The van der Waals surface area contributed by atoms with Crippen LogP contribution in [0, 0.1) is 0 Å². The van der Waals surface area contributed by atoms with E-state index >= 15 is 0 Å². The van der Waals surface area contributed by atoms with Crippen LogP contribution in [-0.4, -0.2) is 46.5 Å². The first-order chi connectivity index (χ1) is 6.10. The van der Waals surface area contributed by atoms with Crippen LogP contribution in [0.2, 0.25) is 0 Å². The van der Waals surface area contributed by atoms with Crippen LogP contribution in [0.3, 0.4) is 0 Å². The highest BCUT2D eigenvalue weighted by Crippen LogP contribution is 1.81. The first-order valence-corrected chi connectivity index (χ1v) is 3.53. The number of aliphatic hydroxyl groups is 2. The van der Waals surface area contributed by atoms with Gasteiger partial charge in [-0.2, -0.15) is 0 Å². The van der Waals surface area contributed by atoms with E-state index in [1.54, 1.807) is 0 Å². The highest BCUT2D eigenvalue weighted by Gasteiger charge is 2.07. The number of carboxylic acids is 1. The van der Waals surface area contributed by atoms with Gasteiger partial charge in [-0.15, -0.1) is 0 Å². The Kier molecular flexibility index (Phi) is 5.49. The van der Waals surface area contributed by atoms with E-state index in [9.17, 15) is 9.59 Å². The fourth-order valence-electron chi connectivity index (χ4n) is 0.545. The first kappa shape index (κ1) is 11.6. The van der Waals surface area contributed by atoms with Crippen molar-refractivity contribution in [1.29, 1.82) is 0 Å². The number of amides is 1. The van der Waals surface area contributed by atoms with Crippen molar-refractivity contribution >= 4 is 11.9 Å². The Morgan fingerprint density at radius 3 is 2.15 bits per heavy atom. The van der Waals surface area contributed by atoms with Crippen LogP contribution >= 0.6 is 0 Å². The van der Waals surface area contributed by atoms with Gasteiger partial charge in [-0.05, 0) is 0 Å². The van der Waals surface area contributed by atoms with Crippen molar-refractivity contribution < 1.29 is 24.9 Å². The Morgan fingerprint density at radius 1 is 1.23 bits per heavy atom. The van der Waals surface area contributed by atoms with E-state index in [1.807, 2.05) is 0 Å². The smallest absolute Gasteiger partial charge is 0.328 e. The largest absolute Gasteiger partial charge is 0.478 e. The molecular weight excluding hydrogens is 178 g/mol. The molecule has 0 saturated heterocycles. The Morgan fingerprint density at radius 2 is 1.77 bits per heavy atom. The topological polar surface area (TPSA) is 107 Å². The predicted molar refractivity (Wildman–Crippen MR) is 42.9 cm³/mol. The van der Waals surface area contributed by atoms with Gasteiger partial charge < -0.3 is 20.6 Å². The van der Waals surface area contributed by atoms with Gasteiger partial charge in [-0.25, -0.2) is 4.79 Å². The number of carboxylic acid groups (broad SMARTS) is 1. The predicted octanol–water partition coefficient (Wildman–Crippen LogP) is -1.90. The van der Waals surface area contributed by atoms with Gasteiger partial charge in [-0.1, -0.05) is 0 Å². The Labute approximate surface area is 74.5 Å². The monoisotopic (exact) mass is 189 g/mol. The number of hydrogen-bond acceptors (Lipinski definition) is 4. The molecule has 4 N–H and O–H groups in total. The normalized spacial score (nSPS) is 10.7. The lowest BCUT2D eigenvalue weighted by Gasteiger charge is -2.10. The maximum atomic E-state index is 10.8. The summed E-state index contributed by atoms with van der Waals surface area (Å²) in [6.07, 6.45) is 1.47. The van der Waals surface area contributed by atoms with E-state index in [0.29, 0.717) is 6.08 Å². The standard InChI is InChI=1S/C7H11NO5/c9-3-5(4-10)8-6(11)1-2-7(12)13/h1-2,5,9-10H,3-4H2,(H,8,11)(H,12,13). The Bertz CT molecular complexity index is 209. The molecule has 0 spiro atoms. The molecule has 13 heavy (non-hydrogen) atoms. The Balaban J connectivity index is 3.92. The molecule has 0 saturated carbocycles. The number of hydrogen-bond donors (Lipinski definition) is 4. The van der Waals surface area contributed by atoms with Gasteiger partial charge in [-0.3, -0.25) is 4.79 Å². The molecule has 0 fully saturated rings. The lowest BCUT2D eigenvalue weighted by Crippen LogP contribution is -2.39. The van der Waals surface area contributed by atoms with Crippen molar-refractivity contribution in [3.63, 3.8) is 0 Å². The molecule has 6 heteroatoms. The molecule has 0 aliphatic carbocycles. The third-order valence-electron chi connectivity index (χ3n) is 1.16. The summed E-state index contributed by atoms with van der Waals surface area (Å²) >= 11 is 0. The third kappa shape index (κ3) is 5.83. The molecule has 0 unspecified atom stereocenters. The minimum Gasteiger partial charge on any atom is -0.478 e. The van der Waals surface area contributed by atoms with Gasteiger partial charge in [0.05, 0.1) is 19.3 Å². The van der Waals surface area contributed by atoms with Crippen LogP contribution < -0.4 is 5.32 Å². The van der Waals surface area contributed by atoms with Crippen molar-refractivity contribution in [1.82, 2.24) is 5.32 Å². The second-order valence-electron chi connectivity index (χ2n) is 2.24. The van der Waals surface area contributed by atoms with Crippen LogP contribution in [0.4, 0.5) is 0 Å². The lowest BCUT2D eigenvalue weighted by atomic mass is 10.3. The summed E-state index contributed by atoms with van der Waals surface area (Å²) in [4.78, 5) is 20.8. The van der Waals surface area contributed by atoms with Crippen molar-refractivity contribution in [2.45, 2.75) is 6.04 Å². The molecule has 0 bridgehead atoms. The highest BCUT2D eigenvalue weighted by atomic mass is 16.4. The van der Waals surface area contributed by atoms with Gasteiger partial charge in [0.25, 0.3) is 0 Å². The molecule has 74 valence electrons. The molecule has 0 aliphatic rings. The molecular formula is C7H11NO5. The average Bonchev–Trinajstić information content (AvgIpc) is 2.10. The number of carbonyl (C=O) groups is 2. The molecule has 0 aromatic rings. The molecule has 0 aromatic heterocycles. The molecule has 1 amide bonds. The second-order valence-corrected chi connectivity index (χ2v) is 2.24. The van der Waals surface area contributed by atoms with E-state index in [0.717, 1.165) is 6.08 Å². The summed E-state index contributed by atoms with van der Waals surface area (Å²) in [5, 5.41) is 27.4. The number of carbonyl (C=O) groups excluding carboxylic acids is 1. The zero-order valence-corrected chi connectivity index (χ0v) is 6.80. The molecule has 6 nitrogen and oxygen atoms in total. The van der Waals surface area contributed by atoms with Crippen LogP contribution in [0.5, 0.6) is 0 Å². The summed E-state index contributed by atoms with van der Waals surface area (Å²) in [5.74, 6) is -1.91. The second kappa shape index (κ2) is 6.15. The molecule has 0 atom stereocenters. The van der Waals surface area contributed by atoms with Crippen molar-refractivity contribution in [3.05, 3.63) is 12.2 Å². The van der Waals surface area contributed by atoms with Gasteiger partial charge in [0.15, 0.2) is 0 Å². The maximum Gasteiger partial charge on any atom is 0.328 e. The van der Waals surface area contributed by atoms with Gasteiger partial charge >= 0.3 is 5.97 Å². The third-order valence-corrected chi connectivity index (χ3v) is 1.16. The minimum atomic E-state index is -1.24. The summed E-state index contributed by atoms with van der Waals surface area (Å²) in [5.41, 5.74) is 0. The van der Waals surface area contributed by atoms with Crippen LogP contribution in [0.15, 0.2) is 12.2 Å². The van der Waals surface area contributed by atoms with E-state index in [1.165, 1.54) is 0 Å².